The highest BCUT2D eigenvalue weighted by Crippen LogP contribution is 2.41. The van der Waals surface area contributed by atoms with Crippen molar-refractivity contribution in [3.8, 4) is 23.0 Å². The van der Waals surface area contributed by atoms with Crippen molar-refractivity contribution in [2.24, 2.45) is 0 Å². The van der Waals surface area contributed by atoms with Crippen molar-refractivity contribution in [2.45, 2.75) is 58.6 Å². The van der Waals surface area contributed by atoms with Gasteiger partial charge in [-0.1, -0.05) is 0 Å². The SMILES string of the molecule is CC(C)(C)OC(=O)N1CCc2nc(Cl)nc(Oc3ncc4c(c3F)-c3[nH]c5c(c3CC4)C(=O)NCC5)c2C1. The Kier molecular flexibility index (Phi) is 5.78. The number of carbonyl (C=O) groups excluding carboxylic acids is 2. The summed E-state index contributed by atoms with van der Waals surface area (Å²) in [5.74, 6) is -1.05. The molecule has 2 amide bonds. The molecule has 0 bridgehead atoms. The summed E-state index contributed by atoms with van der Waals surface area (Å²) in [7, 11) is 0. The standard InChI is InChI=1S/C26H26ClFN6O4/c1-26(2,3)38-25(36)34-9-7-15-14(11-34)22(33-24(27)32-15)37-23-19(28)17-12(10-30-23)4-5-13-18-16(31-20(13)17)6-8-29-21(18)35/h10,31H,4-9,11H2,1-3H3,(H,29,35). The molecule has 198 valence electrons. The summed E-state index contributed by atoms with van der Waals surface area (Å²) >= 11 is 6.16. The Hall–Kier alpha value is -3.73. The van der Waals surface area contributed by atoms with E-state index >= 15 is 4.39 Å². The lowest BCUT2D eigenvalue weighted by atomic mass is 9.88. The molecule has 12 heteroatoms. The molecule has 38 heavy (non-hydrogen) atoms. The topological polar surface area (TPSA) is 122 Å². The molecule has 0 fully saturated rings. The van der Waals surface area contributed by atoms with Crippen LogP contribution in [-0.4, -0.2) is 55.5 Å². The fourth-order valence-electron chi connectivity index (χ4n) is 5.22. The molecule has 3 aliphatic rings. The number of ether oxygens (including phenoxy) is 2. The molecule has 0 atom stereocenters. The quantitative estimate of drug-likeness (QED) is 0.469. The van der Waals surface area contributed by atoms with E-state index in [-0.39, 0.29) is 29.5 Å². The number of hydrogen-bond donors (Lipinski definition) is 2. The van der Waals surface area contributed by atoms with Crippen LogP contribution in [-0.2, 0) is 37.0 Å². The van der Waals surface area contributed by atoms with E-state index in [9.17, 15) is 9.59 Å². The lowest BCUT2D eigenvalue weighted by Gasteiger charge is -2.31. The van der Waals surface area contributed by atoms with Crippen molar-refractivity contribution in [1.82, 2.24) is 30.2 Å². The van der Waals surface area contributed by atoms with E-state index < -0.39 is 17.5 Å². The maximum Gasteiger partial charge on any atom is 0.410 e. The van der Waals surface area contributed by atoms with Gasteiger partial charge in [0.1, 0.15) is 5.60 Å². The minimum atomic E-state index is -0.661. The summed E-state index contributed by atoms with van der Waals surface area (Å²) in [6.45, 7) is 6.42. The van der Waals surface area contributed by atoms with Gasteiger partial charge >= 0.3 is 6.09 Å². The van der Waals surface area contributed by atoms with Gasteiger partial charge in [0, 0.05) is 43.4 Å². The predicted octanol–water partition coefficient (Wildman–Crippen LogP) is 4.13. The lowest BCUT2D eigenvalue weighted by molar-refractivity contribution is 0.0221. The third kappa shape index (κ3) is 4.24. The van der Waals surface area contributed by atoms with Crippen LogP contribution in [0.15, 0.2) is 6.20 Å². The number of nitrogens with zero attached hydrogens (tertiary/aromatic N) is 4. The van der Waals surface area contributed by atoms with Gasteiger partial charge in [0.2, 0.25) is 11.2 Å². The number of aryl methyl sites for hydroxylation is 1. The Bertz CT molecular complexity index is 1500. The normalized spacial score (nSPS) is 16.1. The summed E-state index contributed by atoms with van der Waals surface area (Å²) in [4.78, 5) is 42.7. The van der Waals surface area contributed by atoms with Gasteiger partial charge in [-0.2, -0.15) is 4.98 Å². The van der Waals surface area contributed by atoms with Crippen LogP contribution >= 0.6 is 11.6 Å². The predicted molar refractivity (Wildman–Crippen MR) is 135 cm³/mol. The van der Waals surface area contributed by atoms with E-state index in [1.165, 1.54) is 4.90 Å². The number of H-pyrrole nitrogens is 1. The van der Waals surface area contributed by atoms with E-state index in [0.717, 1.165) is 16.8 Å². The number of halogens is 2. The molecule has 0 saturated carbocycles. The van der Waals surface area contributed by atoms with Crippen molar-refractivity contribution >= 4 is 23.6 Å². The Morgan fingerprint density at radius 1 is 1.11 bits per heavy atom. The maximum atomic E-state index is 16.0. The van der Waals surface area contributed by atoms with Crippen LogP contribution in [0, 0.1) is 5.82 Å². The van der Waals surface area contributed by atoms with E-state index in [4.69, 9.17) is 21.1 Å². The zero-order valence-electron chi connectivity index (χ0n) is 21.2. The average Bonchev–Trinajstić information content (AvgIpc) is 3.24. The molecule has 3 aromatic rings. The van der Waals surface area contributed by atoms with Crippen LogP contribution in [0.3, 0.4) is 0 Å². The highest BCUT2D eigenvalue weighted by Gasteiger charge is 2.34. The first-order chi connectivity index (χ1) is 18.1. The molecular formula is C26H26ClFN6O4. The van der Waals surface area contributed by atoms with E-state index in [2.05, 4.69) is 25.3 Å². The summed E-state index contributed by atoms with van der Waals surface area (Å²) in [5, 5.41) is 2.81. The number of aromatic amines is 1. The number of hydrogen-bond acceptors (Lipinski definition) is 7. The second-order valence-electron chi connectivity index (χ2n) is 10.6. The fourth-order valence-corrected chi connectivity index (χ4v) is 5.40. The first-order valence-electron chi connectivity index (χ1n) is 12.5. The summed E-state index contributed by atoms with van der Waals surface area (Å²) in [6.07, 6.45) is 3.32. The number of pyridine rings is 1. The van der Waals surface area contributed by atoms with Gasteiger partial charge in [0.05, 0.1) is 29.1 Å². The Balaban J connectivity index is 1.36. The number of aromatic nitrogens is 4. The smallest absolute Gasteiger partial charge is 0.410 e. The largest absolute Gasteiger partial charge is 0.444 e. The van der Waals surface area contributed by atoms with Crippen LogP contribution in [0.1, 0.15) is 59.2 Å². The molecule has 5 heterocycles. The number of rotatable bonds is 2. The third-order valence-corrected chi connectivity index (χ3v) is 7.04. The van der Waals surface area contributed by atoms with E-state index in [1.807, 2.05) is 0 Å². The second kappa shape index (κ2) is 8.93. The van der Waals surface area contributed by atoms with Crippen LogP contribution < -0.4 is 10.1 Å². The number of amides is 2. The van der Waals surface area contributed by atoms with E-state index in [0.29, 0.717) is 66.9 Å². The van der Waals surface area contributed by atoms with Gasteiger partial charge < -0.3 is 24.7 Å². The number of fused-ring (bicyclic) bond motifs is 6. The third-order valence-electron chi connectivity index (χ3n) is 6.87. The van der Waals surface area contributed by atoms with Crippen LogP contribution in [0.5, 0.6) is 11.8 Å². The summed E-state index contributed by atoms with van der Waals surface area (Å²) < 4.78 is 27.5. The first-order valence-corrected chi connectivity index (χ1v) is 12.9. The van der Waals surface area contributed by atoms with Crippen molar-refractivity contribution in [3.63, 3.8) is 0 Å². The fraction of sp³-hybridized carbons (Fsp3) is 0.423. The Labute approximate surface area is 222 Å². The van der Waals surface area contributed by atoms with Crippen molar-refractivity contribution in [3.05, 3.63) is 50.9 Å². The summed E-state index contributed by atoms with van der Waals surface area (Å²) in [6, 6.07) is 0. The van der Waals surface area contributed by atoms with E-state index in [1.54, 1.807) is 27.0 Å². The Morgan fingerprint density at radius 2 is 1.92 bits per heavy atom. The highest BCUT2D eigenvalue weighted by atomic mass is 35.5. The molecule has 0 aromatic carbocycles. The van der Waals surface area contributed by atoms with Gasteiger partial charge in [-0.15, -0.1) is 0 Å². The minimum Gasteiger partial charge on any atom is -0.444 e. The van der Waals surface area contributed by atoms with Crippen LogP contribution in [0.2, 0.25) is 5.28 Å². The van der Waals surface area contributed by atoms with Crippen LogP contribution in [0.25, 0.3) is 11.3 Å². The minimum absolute atomic E-state index is 0.0285. The highest BCUT2D eigenvalue weighted by molar-refractivity contribution is 6.28. The molecule has 0 radical (unpaired) electrons. The van der Waals surface area contributed by atoms with Gasteiger partial charge in [-0.3, -0.25) is 4.79 Å². The molecular weight excluding hydrogens is 515 g/mol. The molecule has 0 spiro atoms. The average molecular weight is 541 g/mol. The zero-order chi connectivity index (χ0) is 26.8. The second-order valence-corrected chi connectivity index (χ2v) is 10.9. The number of nitrogens with one attached hydrogen (secondary N) is 2. The van der Waals surface area contributed by atoms with Crippen molar-refractivity contribution in [2.75, 3.05) is 13.1 Å². The molecule has 3 aromatic heterocycles. The molecule has 0 unspecified atom stereocenters. The van der Waals surface area contributed by atoms with Gasteiger partial charge in [0.25, 0.3) is 11.8 Å². The van der Waals surface area contributed by atoms with Crippen molar-refractivity contribution in [1.29, 1.82) is 0 Å². The first kappa shape index (κ1) is 24.6. The molecule has 2 aliphatic heterocycles. The lowest BCUT2D eigenvalue weighted by Crippen LogP contribution is -2.40. The van der Waals surface area contributed by atoms with Gasteiger partial charge in [-0.05, 0) is 56.3 Å². The summed E-state index contributed by atoms with van der Waals surface area (Å²) in [5.41, 5.74) is 4.33. The van der Waals surface area contributed by atoms with Gasteiger partial charge in [-0.25, -0.2) is 19.2 Å². The Morgan fingerprint density at radius 3 is 2.71 bits per heavy atom. The van der Waals surface area contributed by atoms with Crippen LogP contribution in [0.4, 0.5) is 9.18 Å². The monoisotopic (exact) mass is 540 g/mol. The molecule has 1 aliphatic carbocycles. The van der Waals surface area contributed by atoms with Crippen molar-refractivity contribution < 1.29 is 23.5 Å². The zero-order valence-corrected chi connectivity index (χ0v) is 22.0. The molecule has 6 rings (SSSR count). The maximum absolute atomic E-state index is 16.0. The molecule has 2 N–H and O–H groups in total. The molecule has 0 saturated heterocycles. The molecule has 10 nitrogen and oxygen atoms in total. The number of carbonyl (C=O) groups is 2. The van der Waals surface area contributed by atoms with Gasteiger partial charge in [0.15, 0.2) is 5.82 Å².